The van der Waals surface area contributed by atoms with E-state index in [0.29, 0.717) is 25.9 Å². The van der Waals surface area contributed by atoms with Crippen LogP contribution in [0, 0.1) is 10.1 Å². The molecule has 0 spiro atoms. The second-order valence-corrected chi connectivity index (χ2v) is 7.60. The van der Waals surface area contributed by atoms with Crippen LogP contribution in [0.4, 0.5) is 10.6 Å². The fourth-order valence-corrected chi connectivity index (χ4v) is 4.68. The number of piperidine rings is 1. The van der Waals surface area contributed by atoms with E-state index in [0.717, 1.165) is 18.1 Å². The normalized spacial score (nSPS) is 23.7. The molecule has 2 aromatic rings. The molecule has 3 heterocycles. The lowest BCUT2D eigenvalue weighted by Crippen LogP contribution is -2.48. The number of benzene rings is 1. The zero-order chi connectivity index (χ0) is 20.1. The first kappa shape index (κ1) is 17.7. The van der Waals surface area contributed by atoms with Crippen LogP contribution in [0.3, 0.4) is 0 Å². The summed E-state index contributed by atoms with van der Waals surface area (Å²) >= 11 is 0. The Morgan fingerprint density at radius 1 is 1.28 bits per heavy atom. The van der Waals surface area contributed by atoms with Gasteiger partial charge in [0.1, 0.15) is 6.10 Å². The molecule has 0 saturated carbocycles. The van der Waals surface area contributed by atoms with Crippen LogP contribution in [0.5, 0.6) is 0 Å². The fourth-order valence-electron chi connectivity index (χ4n) is 4.68. The standard InChI is InChI=1S/C19H19N5O5/c25-18(14-10-16(21-20-14)24(27)28)22-7-5-12(6-8-22)23-17-13-4-2-1-3-11(13)9-15(17)29-19(23)26/h1-4,10,12,15,17H,5-9H2,(H,20,21)/t15-,17+/m0/s1. The van der Waals surface area contributed by atoms with Crippen molar-refractivity contribution in [3.8, 4) is 0 Å². The highest BCUT2D eigenvalue weighted by Gasteiger charge is 2.50. The average Bonchev–Trinajstić information content (AvgIpc) is 3.41. The summed E-state index contributed by atoms with van der Waals surface area (Å²) in [5, 5.41) is 16.8. The number of rotatable bonds is 3. The molecule has 1 aliphatic carbocycles. The third kappa shape index (κ3) is 2.82. The fraction of sp³-hybridized carbons (Fsp3) is 0.421. The Kier molecular flexibility index (Phi) is 4.00. The molecule has 0 bridgehead atoms. The van der Waals surface area contributed by atoms with E-state index < -0.39 is 4.92 Å². The Morgan fingerprint density at radius 2 is 2.03 bits per heavy atom. The average molecular weight is 397 g/mol. The van der Waals surface area contributed by atoms with Crippen LogP contribution in [0.15, 0.2) is 30.3 Å². The van der Waals surface area contributed by atoms with Gasteiger partial charge in [-0.3, -0.25) is 9.69 Å². The van der Waals surface area contributed by atoms with Crippen LogP contribution >= 0.6 is 0 Å². The van der Waals surface area contributed by atoms with Gasteiger partial charge in [0, 0.05) is 25.6 Å². The lowest BCUT2D eigenvalue weighted by atomic mass is 9.99. The van der Waals surface area contributed by atoms with Gasteiger partial charge in [0.25, 0.3) is 5.91 Å². The predicted molar refractivity (Wildman–Crippen MR) is 99.2 cm³/mol. The van der Waals surface area contributed by atoms with E-state index in [9.17, 15) is 19.7 Å². The Morgan fingerprint density at radius 3 is 2.76 bits per heavy atom. The number of hydrogen-bond acceptors (Lipinski definition) is 6. The molecular weight excluding hydrogens is 378 g/mol. The summed E-state index contributed by atoms with van der Waals surface area (Å²) < 4.78 is 5.63. The van der Waals surface area contributed by atoms with Crippen molar-refractivity contribution in [2.45, 2.75) is 37.5 Å². The topological polar surface area (TPSA) is 122 Å². The van der Waals surface area contributed by atoms with Crippen molar-refractivity contribution in [1.82, 2.24) is 20.0 Å². The van der Waals surface area contributed by atoms with Crippen molar-refractivity contribution < 1.29 is 19.2 Å². The third-order valence-corrected chi connectivity index (χ3v) is 6.03. The minimum atomic E-state index is -0.620. The number of ether oxygens (including phenoxy) is 1. The van der Waals surface area contributed by atoms with Gasteiger partial charge in [-0.15, -0.1) is 5.10 Å². The van der Waals surface area contributed by atoms with Gasteiger partial charge < -0.3 is 19.8 Å². The van der Waals surface area contributed by atoms with Gasteiger partial charge in [-0.05, 0) is 28.9 Å². The van der Waals surface area contributed by atoms with Gasteiger partial charge >= 0.3 is 11.9 Å². The Balaban J connectivity index is 1.28. The summed E-state index contributed by atoms with van der Waals surface area (Å²) in [6.45, 7) is 0.903. The Hall–Kier alpha value is -3.43. The smallest absolute Gasteiger partial charge is 0.411 e. The second kappa shape index (κ2) is 6.57. The molecule has 1 aromatic heterocycles. The van der Waals surface area contributed by atoms with Gasteiger partial charge in [-0.25, -0.2) is 4.79 Å². The quantitative estimate of drug-likeness (QED) is 0.625. The van der Waals surface area contributed by atoms with E-state index in [-0.39, 0.29) is 41.7 Å². The summed E-state index contributed by atoms with van der Waals surface area (Å²) in [4.78, 5) is 38.8. The highest BCUT2D eigenvalue weighted by Crippen LogP contribution is 2.44. The van der Waals surface area contributed by atoms with Gasteiger partial charge in [0.05, 0.1) is 12.1 Å². The van der Waals surface area contributed by atoms with Crippen molar-refractivity contribution in [2.24, 2.45) is 0 Å². The number of H-pyrrole nitrogens is 1. The molecule has 0 radical (unpaired) electrons. The Labute approximate surface area is 165 Å². The van der Waals surface area contributed by atoms with Gasteiger partial charge in [-0.2, -0.15) is 0 Å². The zero-order valence-corrected chi connectivity index (χ0v) is 15.5. The molecule has 5 rings (SSSR count). The van der Waals surface area contributed by atoms with Crippen LogP contribution in [0.1, 0.15) is 40.5 Å². The minimum Gasteiger partial charge on any atom is -0.443 e. The molecule has 10 heteroatoms. The second-order valence-electron chi connectivity index (χ2n) is 7.60. The Bertz CT molecular complexity index is 996. The lowest BCUT2D eigenvalue weighted by Gasteiger charge is -2.37. The molecule has 2 aliphatic heterocycles. The summed E-state index contributed by atoms with van der Waals surface area (Å²) in [6, 6.07) is 9.16. The van der Waals surface area contributed by atoms with Crippen molar-refractivity contribution in [3.63, 3.8) is 0 Å². The van der Waals surface area contributed by atoms with E-state index in [1.54, 1.807) is 4.90 Å². The van der Waals surface area contributed by atoms with Crippen molar-refractivity contribution in [1.29, 1.82) is 0 Å². The summed E-state index contributed by atoms with van der Waals surface area (Å²) in [5.41, 5.74) is 2.39. The molecule has 2 fully saturated rings. The SMILES string of the molecule is O=C(c1cc([N+](=O)[O-])[nH]n1)N1CCC(N2C(=O)O[C@H]3Cc4ccccc4[C@H]32)CC1. The minimum absolute atomic E-state index is 0.0128. The van der Waals surface area contributed by atoms with E-state index >= 15 is 0 Å². The van der Waals surface area contributed by atoms with Crippen LogP contribution in [0.2, 0.25) is 0 Å². The van der Waals surface area contributed by atoms with Crippen LogP contribution in [-0.4, -0.2) is 62.2 Å². The summed E-state index contributed by atoms with van der Waals surface area (Å²) in [5.74, 6) is -0.658. The van der Waals surface area contributed by atoms with Crippen LogP contribution in [-0.2, 0) is 11.2 Å². The highest BCUT2D eigenvalue weighted by atomic mass is 16.6. The molecule has 2 atom stereocenters. The molecular formula is C19H19N5O5. The molecule has 1 N–H and O–H groups in total. The lowest BCUT2D eigenvalue weighted by molar-refractivity contribution is -0.389. The number of fused-ring (bicyclic) bond motifs is 3. The van der Waals surface area contributed by atoms with E-state index in [2.05, 4.69) is 22.3 Å². The number of likely N-dealkylation sites (tertiary alicyclic amines) is 1. The number of carbonyl (C=O) groups excluding carboxylic acids is 2. The largest absolute Gasteiger partial charge is 0.443 e. The van der Waals surface area contributed by atoms with Crippen molar-refractivity contribution in [3.05, 3.63) is 57.3 Å². The highest BCUT2D eigenvalue weighted by molar-refractivity contribution is 5.92. The van der Waals surface area contributed by atoms with Gasteiger partial charge in [0.2, 0.25) is 0 Å². The number of hydrogen-bond donors (Lipinski definition) is 1. The summed E-state index contributed by atoms with van der Waals surface area (Å²) in [6.07, 6.45) is 1.54. The van der Waals surface area contributed by atoms with Gasteiger partial charge in [-0.1, -0.05) is 29.4 Å². The first-order valence-electron chi connectivity index (χ1n) is 9.59. The predicted octanol–water partition coefficient (Wildman–Crippen LogP) is 2.04. The van der Waals surface area contributed by atoms with E-state index in [4.69, 9.17) is 4.74 Å². The van der Waals surface area contributed by atoms with Crippen molar-refractivity contribution >= 4 is 17.8 Å². The first-order chi connectivity index (χ1) is 14.0. The number of carbonyl (C=O) groups is 2. The molecule has 10 nitrogen and oxygen atoms in total. The van der Waals surface area contributed by atoms with Crippen LogP contribution < -0.4 is 0 Å². The third-order valence-electron chi connectivity index (χ3n) is 6.03. The molecule has 2 amide bonds. The zero-order valence-electron chi connectivity index (χ0n) is 15.5. The monoisotopic (exact) mass is 397 g/mol. The molecule has 3 aliphatic rings. The maximum absolute atomic E-state index is 12.6. The summed E-state index contributed by atoms with van der Waals surface area (Å²) in [7, 11) is 0. The maximum Gasteiger partial charge on any atom is 0.411 e. The number of aromatic nitrogens is 2. The van der Waals surface area contributed by atoms with Gasteiger partial charge in [0.15, 0.2) is 5.69 Å². The molecule has 2 saturated heterocycles. The number of nitro groups is 1. The molecule has 1 aromatic carbocycles. The van der Waals surface area contributed by atoms with E-state index in [1.807, 2.05) is 17.0 Å². The molecule has 29 heavy (non-hydrogen) atoms. The number of aromatic amines is 1. The number of nitrogens with zero attached hydrogens (tertiary/aromatic N) is 4. The molecule has 150 valence electrons. The number of amides is 2. The molecule has 0 unspecified atom stereocenters. The van der Waals surface area contributed by atoms with Crippen LogP contribution in [0.25, 0.3) is 0 Å². The number of nitrogens with one attached hydrogen (secondary N) is 1. The first-order valence-corrected chi connectivity index (χ1v) is 9.59. The maximum atomic E-state index is 12.6. The van der Waals surface area contributed by atoms with E-state index in [1.165, 1.54) is 5.56 Å². The van der Waals surface area contributed by atoms with Crippen molar-refractivity contribution in [2.75, 3.05) is 13.1 Å².